The number of benzene rings is 1. The average molecular weight is 421 g/mol. The van der Waals surface area contributed by atoms with E-state index in [-0.39, 0.29) is 6.09 Å². The van der Waals surface area contributed by atoms with E-state index in [1.807, 2.05) is 25.7 Å². The van der Waals surface area contributed by atoms with Crippen LogP contribution in [0.4, 0.5) is 4.79 Å². The van der Waals surface area contributed by atoms with Gasteiger partial charge in [0.05, 0.1) is 0 Å². The summed E-state index contributed by atoms with van der Waals surface area (Å²) in [7, 11) is 0. The van der Waals surface area contributed by atoms with Crippen molar-refractivity contribution >= 4 is 22.0 Å². The molecule has 2 heterocycles. The molecule has 1 saturated carbocycles. The van der Waals surface area contributed by atoms with Gasteiger partial charge in [-0.3, -0.25) is 4.90 Å². The maximum atomic E-state index is 12.3. The molecule has 0 unspecified atom stereocenters. The summed E-state index contributed by atoms with van der Waals surface area (Å²) in [5, 5.41) is 0. The fourth-order valence-electron chi connectivity index (χ4n) is 4.51. The summed E-state index contributed by atoms with van der Waals surface area (Å²) in [5.74, 6) is 0. The van der Waals surface area contributed by atoms with Crippen LogP contribution in [0.25, 0.3) is 0 Å². The second-order valence-electron chi connectivity index (χ2n) is 9.19. The molecule has 1 aromatic carbocycles. The molecule has 1 amide bonds. The van der Waals surface area contributed by atoms with Crippen molar-refractivity contribution < 1.29 is 9.53 Å². The van der Waals surface area contributed by atoms with Gasteiger partial charge >= 0.3 is 6.09 Å². The molecule has 3 aliphatic rings. The van der Waals surface area contributed by atoms with Crippen molar-refractivity contribution in [3.63, 3.8) is 0 Å². The monoisotopic (exact) mass is 420 g/mol. The number of fused-ring (bicyclic) bond motifs is 2. The number of hydrogen-bond acceptors (Lipinski definition) is 3. The van der Waals surface area contributed by atoms with Gasteiger partial charge in [0.2, 0.25) is 0 Å². The zero-order valence-corrected chi connectivity index (χ0v) is 17.6. The van der Waals surface area contributed by atoms with E-state index in [1.54, 1.807) is 5.56 Å². The second-order valence-corrected chi connectivity index (χ2v) is 10.1. The van der Waals surface area contributed by atoms with Gasteiger partial charge in [0, 0.05) is 42.1 Å². The Kier molecular flexibility index (Phi) is 4.59. The normalized spacial score (nSPS) is 23.0. The van der Waals surface area contributed by atoms with Crippen LogP contribution < -0.4 is 0 Å². The van der Waals surface area contributed by atoms with Crippen LogP contribution in [0, 0.1) is 0 Å². The lowest BCUT2D eigenvalue weighted by Crippen LogP contribution is -2.50. The van der Waals surface area contributed by atoms with Crippen molar-refractivity contribution in [3.05, 3.63) is 33.8 Å². The van der Waals surface area contributed by atoms with Gasteiger partial charge in [-0.05, 0) is 69.7 Å². The molecule has 0 radical (unpaired) electrons. The van der Waals surface area contributed by atoms with E-state index in [2.05, 4.69) is 39.0 Å². The number of amides is 1. The number of rotatable bonds is 1. The molecule has 0 atom stereocenters. The van der Waals surface area contributed by atoms with Gasteiger partial charge in [-0.1, -0.05) is 22.0 Å². The van der Waals surface area contributed by atoms with Crippen LogP contribution in [-0.2, 0) is 16.7 Å². The van der Waals surface area contributed by atoms with Crippen LogP contribution in [0.2, 0.25) is 0 Å². The van der Waals surface area contributed by atoms with E-state index in [1.165, 1.54) is 29.4 Å². The highest BCUT2D eigenvalue weighted by atomic mass is 79.9. The molecule has 1 aromatic rings. The zero-order chi connectivity index (χ0) is 18.5. The van der Waals surface area contributed by atoms with Gasteiger partial charge in [-0.15, -0.1) is 0 Å². The van der Waals surface area contributed by atoms with Crippen molar-refractivity contribution in [3.8, 4) is 0 Å². The lowest BCUT2D eigenvalue weighted by Gasteiger charge is -2.43. The Morgan fingerprint density at radius 3 is 2.54 bits per heavy atom. The largest absolute Gasteiger partial charge is 0.444 e. The predicted octanol–water partition coefficient (Wildman–Crippen LogP) is 4.70. The molecule has 1 aliphatic carbocycles. The molecule has 1 saturated heterocycles. The summed E-state index contributed by atoms with van der Waals surface area (Å²) in [6, 6.07) is 7.37. The molecule has 2 fully saturated rings. The molecule has 0 bridgehead atoms. The molecule has 2 aliphatic heterocycles. The number of hydrogen-bond donors (Lipinski definition) is 0. The molecule has 26 heavy (non-hydrogen) atoms. The van der Waals surface area contributed by atoms with Crippen molar-refractivity contribution in [2.45, 2.75) is 70.1 Å². The fourth-order valence-corrected chi connectivity index (χ4v) is 4.87. The molecule has 0 aromatic heterocycles. The van der Waals surface area contributed by atoms with Gasteiger partial charge in [-0.25, -0.2) is 4.79 Å². The quantitative estimate of drug-likeness (QED) is 0.659. The Bertz CT molecular complexity index is 700. The topological polar surface area (TPSA) is 32.8 Å². The van der Waals surface area contributed by atoms with Crippen LogP contribution in [0.15, 0.2) is 22.7 Å². The highest BCUT2D eigenvalue weighted by Gasteiger charge is 2.50. The minimum atomic E-state index is -0.420. The summed E-state index contributed by atoms with van der Waals surface area (Å²) in [6.45, 7) is 9.60. The Balaban J connectivity index is 1.40. The molecule has 142 valence electrons. The lowest BCUT2D eigenvalue weighted by atomic mass is 9.85. The van der Waals surface area contributed by atoms with Gasteiger partial charge in [0.1, 0.15) is 5.60 Å². The number of nitrogens with zero attached hydrogens (tertiary/aromatic N) is 2. The van der Waals surface area contributed by atoms with Crippen molar-refractivity contribution in [2.75, 3.05) is 19.6 Å². The Labute approximate surface area is 165 Å². The van der Waals surface area contributed by atoms with Crippen LogP contribution in [0.5, 0.6) is 0 Å². The number of ether oxygens (including phenoxy) is 1. The van der Waals surface area contributed by atoms with E-state index < -0.39 is 5.60 Å². The van der Waals surface area contributed by atoms with E-state index in [0.29, 0.717) is 11.5 Å². The average Bonchev–Trinajstić information content (AvgIpc) is 3.34. The van der Waals surface area contributed by atoms with E-state index >= 15 is 0 Å². The van der Waals surface area contributed by atoms with Crippen molar-refractivity contribution in [1.29, 1.82) is 0 Å². The Hall–Kier alpha value is -1.07. The van der Waals surface area contributed by atoms with Gasteiger partial charge in [0.15, 0.2) is 0 Å². The SMILES string of the molecule is CC(C)(C)OC(=O)N1CCC(N2Cc3ccc(Br)cc3C3(CC3)C2)CC1. The van der Waals surface area contributed by atoms with E-state index in [9.17, 15) is 4.79 Å². The predicted molar refractivity (Wildman–Crippen MR) is 106 cm³/mol. The van der Waals surface area contributed by atoms with Crippen molar-refractivity contribution in [1.82, 2.24) is 9.80 Å². The smallest absolute Gasteiger partial charge is 0.410 e. The molecular weight excluding hydrogens is 392 g/mol. The Morgan fingerprint density at radius 2 is 1.92 bits per heavy atom. The second kappa shape index (κ2) is 6.52. The van der Waals surface area contributed by atoms with Crippen LogP contribution in [0.3, 0.4) is 0 Å². The first-order chi connectivity index (χ1) is 12.3. The highest BCUT2D eigenvalue weighted by Crippen LogP contribution is 2.53. The third-order valence-electron chi connectivity index (χ3n) is 6.01. The third-order valence-corrected chi connectivity index (χ3v) is 6.50. The summed E-state index contributed by atoms with van der Waals surface area (Å²) in [4.78, 5) is 16.8. The number of carbonyl (C=O) groups excluding carboxylic acids is 1. The number of carbonyl (C=O) groups is 1. The highest BCUT2D eigenvalue weighted by molar-refractivity contribution is 9.10. The summed E-state index contributed by atoms with van der Waals surface area (Å²) < 4.78 is 6.72. The van der Waals surface area contributed by atoms with Gasteiger partial charge in [0.25, 0.3) is 0 Å². The van der Waals surface area contributed by atoms with Gasteiger partial charge < -0.3 is 9.64 Å². The minimum Gasteiger partial charge on any atom is -0.444 e. The molecule has 4 nitrogen and oxygen atoms in total. The number of likely N-dealkylation sites (tertiary alicyclic amines) is 1. The van der Waals surface area contributed by atoms with Crippen LogP contribution in [0.1, 0.15) is 57.6 Å². The van der Waals surface area contributed by atoms with Crippen LogP contribution in [-0.4, -0.2) is 47.2 Å². The summed E-state index contributed by atoms with van der Waals surface area (Å²) >= 11 is 3.64. The molecule has 0 N–H and O–H groups in total. The standard InChI is InChI=1S/C21H29BrN2O2/c1-20(2,3)26-19(25)23-10-6-17(7-11-23)24-13-15-4-5-16(22)12-18(15)21(14-24)8-9-21/h4-5,12,17H,6-11,13-14H2,1-3H3. The maximum absolute atomic E-state index is 12.3. The molecule has 1 spiro atoms. The summed E-state index contributed by atoms with van der Waals surface area (Å²) in [6.07, 6.45) is 4.54. The van der Waals surface area contributed by atoms with Crippen LogP contribution >= 0.6 is 15.9 Å². The molecular formula is C21H29BrN2O2. The lowest BCUT2D eigenvalue weighted by molar-refractivity contribution is 0.0123. The first-order valence-corrected chi connectivity index (χ1v) is 10.6. The molecule has 5 heteroatoms. The van der Waals surface area contributed by atoms with Crippen molar-refractivity contribution in [2.24, 2.45) is 0 Å². The summed E-state index contributed by atoms with van der Waals surface area (Å²) in [5.41, 5.74) is 3.03. The fraction of sp³-hybridized carbons (Fsp3) is 0.667. The number of piperidine rings is 1. The number of halogens is 1. The first-order valence-electron chi connectivity index (χ1n) is 9.77. The maximum Gasteiger partial charge on any atom is 0.410 e. The van der Waals surface area contributed by atoms with Gasteiger partial charge in [-0.2, -0.15) is 0 Å². The first kappa shape index (κ1) is 18.3. The molecule has 4 rings (SSSR count). The van der Waals surface area contributed by atoms with E-state index in [4.69, 9.17) is 4.74 Å². The third kappa shape index (κ3) is 3.65. The van der Waals surface area contributed by atoms with E-state index in [0.717, 1.165) is 32.5 Å². The zero-order valence-electron chi connectivity index (χ0n) is 16.1. The Morgan fingerprint density at radius 1 is 1.23 bits per heavy atom. The minimum absolute atomic E-state index is 0.163.